The smallest absolute Gasteiger partial charge is 0.289 e. The Labute approximate surface area is 197 Å². The van der Waals surface area contributed by atoms with Crippen molar-refractivity contribution in [3.05, 3.63) is 106 Å². The number of hydrogen-bond acceptors (Lipinski definition) is 4. The van der Waals surface area contributed by atoms with Crippen LogP contribution in [0.4, 0.5) is 0 Å². The molecule has 1 aromatic heterocycles. The average molecular weight is 459 g/mol. The summed E-state index contributed by atoms with van der Waals surface area (Å²) < 4.78 is 5.81. The number of amides is 1. The van der Waals surface area contributed by atoms with Gasteiger partial charge in [0.05, 0.1) is 11.4 Å². The van der Waals surface area contributed by atoms with E-state index < -0.39 is 0 Å². The van der Waals surface area contributed by atoms with Gasteiger partial charge in [0.2, 0.25) is 0 Å². The van der Waals surface area contributed by atoms with Crippen LogP contribution in [0.5, 0.6) is 5.75 Å². The molecule has 6 nitrogen and oxygen atoms in total. The number of hydrazone groups is 1. The van der Waals surface area contributed by atoms with Gasteiger partial charge in [-0.1, -0.05) is 59.6 Å². The van der Waals surface area contributed by atoms with Crippen molar-refractivity contribution in [2.24, 2.45) is 5.10 Å². The first-order valence-corrected chi connectivity index (χ1v) is 10.8. The molecule has 33 heavy (non-hydrogen) atoms. The van der Waals surface area contributed by atoms with E-state index in [1.165, 1.54) is 5.56 Å². The molecule has 0 aliphatic rings. The van der Waals surface area contributed by atoms with Crippen LogP contribution in [0.15, 0.2) is 84.0 Å². The monoisotopic (exact) mass is 458 g/mol. The fraction of sp³-hybridized carbons (Fsp3) is 0.115. The van der Waals surface area contributed by atoms with Crippen molar-refractivity contribution >= 4 is 23.2 Å². The average Bonchev–Trinajstić information content (AvgIpc) is 3.33. The second-order valence-electron chi connectivity index (χ2n) is 7.58. The van der Waals surface area contributed by atoms with Gasteiger partial charge >= 0.3 is 0 Å². The Morgan fingerprint density at radius 1 is 1.06 bits per heavy atom. The predicted molar refractivity (Wildman–Crippen MR) is 131 cm³/mol. The lowest BCUT2D eigenvalue weighted by Crippen LogP contribution is -2.19. The number of rotatable bonds is 7. The molecule has 1 heterocycles. The molecule has 0 saturated heterocycles. The lowest BCUT2D eigenvalue weighted by Gasteiger charge is -2.08. The largest absolute Gasteiger partial charge is 0.489 e. The molecule has 0 unspecified atom stereocenters. The number of benzene rings is 3. The zero-order chi connectivity index (χ0) is 23.2. The van der Waals surface area contributed by atoms with Crippen LogP contribution in [-0.4, -0.2) is 21.8 Å². The summed E-state index contributed by atoms with van der Waals surface area (Å²) in [5.74, 6) is 0.355. The van der Waals surface area contributed by atoms with Crippen LogP contribution in [0.3, 0.4) is 0 Å². The molecule has 7 heteroatoms. The van der Waals surface area contributed by atoms with E-state index in [0.717, 1.165) is 22.4 Å². The van der Waals surface area contributed by atoms with Crippen molar-refractivity contribution in [3.8, 4) is 17.0 Å². The van der Waals surface area contributed by atoms with E-state index >= 15 is 0 Å². The number of hydrogen-bond donors (Lipinski definition) is 2. The molecule has 2 N–H and O–H groups in total. The summed E-state index contributed by atoms with van der Waals surface area (Å²) >= 11 is 6.17. The molecule has 0 spiro atoms. The zero-order valence-corrected chi connectivity index (χ0v) is 19.1. The summed E-state index contributed by atoms with van der Waals surface area (Å²) in [4.78, 5) is 12.5. The van der Waals surface area contributed by atoms with E-state index in [-0.39, 0.29) is 5.91 Å². The number of aromatic amines is 1. The molecule has 0 aliphatic heterocycles. The minimum atomic E-state index is -0.361. The number of nitrogens with one attached hydrogen (secondary N) is 2. The summed E-state index contributed by atoms with van der Waals surface area (Å²) in [5.41, 5.74) is 8.15. The minimum absolute atomic E-state index is 0.324. The summed E-state index contributed by atoms with van der Waals surface area (Å²) in [6.07, 6.45) is 0. The third-order valence-electron chi connectivity index (χ3n) is 5.12. The quantitative estimate of drug-likeness (QED) is 0.272. The predicted octanol–water partition coefficient (Wildman–Crippen LogP) is 5.77. The Hall–Kier alpha value is -3.90. The summed E-state index contributed by atoms with van der Waals surface area (Å²) in [6, 6.07) is 24.7. The third-order valence-corrected chi connectivity index (χ3v) is 5.49. The van der Waals surface area contributed by atoms with Crippen LogP contribution >= 0.6 is 11.6 Å². The normalized spacial score (nSPS) is 11.3. The van der Waals surface area contributed by atoms with Gasteiger partial charge in [-0.25, -0.2) is 5.43 Å². The maximum atomic E-state index is 12.5. The molecular formula is C26H23ClN4O2. The van der Waals surface area contributed by atoms with Crippen molar-refractivity contribution in [2.45, 2.75) is 20.5 Å². The third kappa shape index (κ3) is 5.67. The standard InChI is InChI=1S/C26H23ClN4O2/c1-17-7-9-19(10-8-17)18(2)28-31-26(32)25-15-24(29-30-25)20-11-13-22(14-12-20)33-16-21-5-3-4-6-23(21)27/h3-15H,16H2,1-2H3,(H,29,30)(H,31,32). The Balaban J connectivity index is 1.37. The number of carbonyl (C=O) groups is 1. The molecule has 0 atom stereocenters. The fourth-order valence-electron chi connectivity index (χ4n) is 3.14. The van der Waals surface area contributed by atoms with Crippen molar-refractivity contribution in [1.29, 1.82) is 0 Å². The number of nitrogens with zero attached hydrogens (tertiary/aromatic N) is 2. The van der Waals surface area contributed by atoms with Crippen LogP contribution in [0, 0.1) is 6.92 Å². The fourth-order valence-corrected chi connectivity index (χ4v) is 3.33. The Kier molecular flexibility index (Phi) is 6.86. The van der Waals surface area contributed by atoms with Crippen LogP contribution in [0.25, 0.3) is 11.3 Å². The van der Waals surface area contributed by atoms with Gasteiger partial charge in [0, 0.05) is 16.1 Å². The highest BCUT2D eigenvalue weighted by molar-refractivity contribution is 6.31. The maximum absolute atomic E-state index is 12.5. The topological polar surface area (TPSA) is 79.4 Å². The molecular weight excluding hydrogens is 436 g/mol. The maximum Gasteiger partial charge on any atom is 0.289 e. The van der Waals surface area contributed by atoms with Crippen LogP contribution in [0.1, 0.15) is 34.1 Å². The van der Waals surface area contributed by atoms with Gasteiger partial charge in [0.1, 0.15) is 18.1 Å². The number of halogens is 1. The Morgan fingerprint density at radius 2 is 1.79 bits per heavy atom. The molecule has 0 saturated carbocycles. The van der Waals surface area contributed by atoms with Gasteiger partial charge in [-0.05, 0) is 55.8 Å². The van der Waals surface area contributed by atoms with E-state index in [2.05, 4.69) is 20.7 Å². The number of H-pyrrole nitrogens is 1. The molecule has 0 fully saturated rings. The summed E-state index contributed by atoms with van der Waals surface area (Å²) in [5, 5.41) is 11.9. The SMILES string of the molecule is CC(=NNC(=O)c1cc(-c2ccc(OCc3ccccc3Cl)cc2)n[nH]1)c1ccc(C)cc1. The molecule has 1 amide bonds. The first-order chi connectivity index (χ1) is 16.0. The molecule has 166 valence electrons. The highest BCUT2D eigenvalue weighted by Gasteiger charge is 2.11. The van der Waals surface area contributed by atoms with Crippen LogP contribution < -0.4 is 10.2 Å². The minimum Gasteiger partial charge on any atom is -0.489 e. The van der Waals surface area contributed by atoms with Crippen molar-refractivity contribution in [3.63, 3.8) is 0 Å². The van der Waals surface area contributed by atoms with Crippen LogP contribution in [-0.2, 0) is 6.61 Å². The second-order valence-corrected chi connectivity index (χ2v) is 7.98. The van der Waals surface area contributed by atoms with Crippen molar-refractivity contribution in [2.75, 3.05) is 0 Å². The highest BCUT2D eigenvalue weighted by atomic mass is 35.5. The molecule has 0 radical (unpaired) electrons. The second kappa shape index (κ2) is 10.1. The summed E-state index contributed by atoms with van der Waals surface area (Å²) in [7, 11) is 0. The van der Waals surface area contributed by atoms with Gasteiger partial charge in [0.25, 0.3) is 5.91 Å². The van der Waals surface area contributed by atoms with Gasteiger partial charge in [0.15, 0.2) is 0 Å². The number of carbonyl (C=O) groups excluding carboxylic acids is 1. The zero-order valence-electron chi connectivity index (χ0n) is 18.3. The first kappa shape index (κ1) is 22.3. The molecule has 4 aromatic rings. The van der Waals surface area contributed by atoms with Gasteiger partial charge < -0.3 is 4.74 Å². The number of ether oxygens (including phenoxy) is 1. The van der Waals surface area contributed by atoms with Crippen molar-refractivity contribution < 1.29 is 9.53 Å². The molecule has 3 aromatic carbocycles. The van der Waals surface area contributed by atoms with Crippen molar-refractivity contribution in [1.82, 2.24) is 15.6 Å². The van der Waals surface area contributed by atoms with E-state index in [4.69, 9.17) is 16.3 Å². The number of aryl methyl sites for hydroxylation is 1. The molecule has 0 aliphatic carbocycles. The lowest BCUT2D eigenvalue weighted by molar-refractivity contribution is 0.0950. The Bertz CT molecular complexity index is 1280. The lowest BCUT2D eigenvalue weighted by atomic mass is 10.1. The van der Waals surface area contributed by atoms with Gasteiger partial charge in [-0.15, -0.1) is 0 Å². The Morgan fingerprint density at radius 3 is 2.52 bits per heavy atom. The molecule has 4 rings (SSSR count). The van der Waals surface area contributed by atoms with Crippen LogP contribution in [0.2, 0.25) is 5.02 Å². The first-order valence-electron chi connectivity index (χ1n) is 10.4. The highest BCUT2D eigenvalue weighted by Crippen LogP contribution is 2.23. The number of aromatic nitrogens is 2. The van der Waals surface area contributed by atoms with E-state index in [1.54, 1.807) is 6.07 Å². The van der Waals surface area contributed by atoms with Gasteiger partial charge in [-0.2, -0.15) is 10.2 Å². The molecule has 0 bridgehead atoms. The van der Waals surface area contributed by atoms with E-state index in [0.29, 0.717) is 28.8 Å². The van der Waals surface area contributed by atoms with Gasteiger partial charge in [-0.3, -0.25) is 9.89 Å². The van der Waals surface area contributed by atoms with E-state index in [1.807, 2.05) is 86.6 Å². The summed E-state index contributed by atoms with van der Waals surface area (Å²) in [6.45, 7) is 4.25. The van der Waals surface area contributed by atoms with E-state index in [9.17, 15) is 4.79 Å².